The van der Waals surface area contributed by atoms with Crippen molar-refractivity contribution < 1.29 is 4.79 Å². The van der Waals surface area contributed by atoms with Crippen LogP contribution in [0.3, 0.4) is 0 Å². The summed E-state index contributed by atoms with van der Waals surface area (Å²) in [5, 5.41) is 0. The molecule has 0 fully saturated rings. The molecule has 1 heteroatoms. The maximum Gasteiger partial charge on any atom is 0.189 e. The third kappa shape index (κ3) is 3.89. The zero-order valence-corrected chi connectivity index (χ0v) is 16.4. The largest absolute Gasteiger partial charge is 0.289 e. The molecule has 0 spiro atoms. The minimum absolute atomic E-state index is 0.134. The molecule has 3 aromatic rings. The van der Waals surface area contributed by atoms with Crippen molar-refractivity contribution in [3.05, 3.63) is 113 Å². The molecule has 3 aromatic carbocycles. The normalized spacial score (nSPS) is 13.6. The molecule has 0 N–H and O–H groups in total. The van der Waals surface area contributed by atoms with E-state index in [-0.39, 0.29) is 5.78 Å². The summed E-state index contributed by atoms with van der Waals surface area (Å²) >= 11 is 0. The van der Waals surface area contributed by atoms with Gasteiger partial charge in [0.15, 0.2) is 5.78 Å². The Morgan fingerprint density at radius 1 is 0.607 bits per heavy atom. The van der Waals surface area contributed by atoms with Gasteiger partial charge in [0.1, 0.15) is 0 Å². The van der Waals surface area contributed by atoms with Gasteiger partial charge in [-0.2, -0.15) is 0 Å². The van der Waals surface area contributed by atoms with Crippen molar-refractivity contribution in [3.8, 4) is 11.1 Å². The fourth-order valence-electron chi connectivity index (χ4n) is 3.58. The first-order valence-electron chi connectivity index (χ1n) is 9.79. The van der Waals surface area contributed by atoms with Gasteiger partial charge in [0.2, 0.25) is 0 Å². The summed E-state index contributed by atoms with van der Waals surface area (Å²) < 4.78 is 0. The number of ketones is 1. The molecule has 28 heavy (non-hydrogen) atoms. The predicted molar refractivity (Wildman–Crippen MR) is 117 cm³/mol. The molecule has 138 valence electrons. The zero-order chi connectivity index (χ0) is 19.5. The second-order valence-corrected chi connectivity index (χ2v) is 7.52. The summed E-state index contributed by atoms with van der Waals surface area (Å²) in [6.07, 6.45) is 5.79. The van der Waals surface area contributed by atoms with Crippen LogP contribution in [0.5, 0.6) is 0 Å². The van der Waals surface area contributed by atoms with Gasteiger partial charge < -0.3 is 0 Å². The van der Waals surface area contributed by atoms with Crippen molar-refractivity contribution in [1.82, 2.24) is 0 Å². The van der Waals surface area contributed by atoms with Crippen LogP contribution in [0.1, 0.15) is 39.9 Å². The van der Waals surface area contributed by atoms with E-state index in [1.807, 2.05) is 30.3 Å². The van der Waals surface area contributed by atoms with Gasteiger partial charge in [-0.15, -0.1) is 0 Å². The van der Waals surface area contributed by atoms with E-state index < -0.39 is 0 Å². The van der Waals surface area contributed by atoms with E-state index in [9.17, 15) is 4.79 Å². The minimum atomic E-state index is 0.134. The molecule has 0 aromatic heterocycles. The quantitative estimate of drug-likeness (QED) is 0.457. The van der Waals surface area contributed by atoms with Crippen molar-refractivity contribution in [3.63, 3.8) is 0 Å². The van der Waals surface area contributed by atoms with Gasteiger partial charge in [-0.25, -0.2) is 0 Å². The molecule has 1 aliphatic rings. The van der Waals surface area contributed by atoms with Crippen molar-refractivity contribution >= 4 is 11.4 Å². The zero-order valence-electron chi connectivity index (χ0n) is 16.4. The molecule has 0 aliphatic heterocycles. The highest BCUT2D eigenvalue weighted by Crippen LogP contribution is 2.29. The summed E-state index contributed by atoms with van der Waals surface area (Å²) in [5.41, 5.74) is 9.01. The Balaban J connectivity index is 1.51. The lowest BCUT2D eigenvalue weighted by Crippen LogP contribution is -2.06. The Labute approximate surface area is 167 Å². The van der Waals surface area contributed by atoms with Gasteiger partial charge in [0.05, 0.1) is 0 Å². The molecule has 0 amide bonds. The van der Waals surface area contributed by atoms with Crippen LogP contribution in [0.25, 0.3) is 16.7 Å². The molecule has 0 saturated carbocycles. The van der Waals surface area contributed by atoms with E-state index in [1.54, 1.807) is 0 Å². The number of aryl methyl sites for hydroxylation is 2. The molecule has 0 radical (unpaired) electrons. The number of carbonyl (C=O) groups excluding carboxylic acids is 1. The topological polar surface area (TPSA) is 17.1 Å². The van der Waals surface area contributed by atoms with E-state index in [0.29, 0.717) is 0 Å². The molecule has 1 aliphatic carbocycles. The van der Waals surface area contributed by atoms with Crippen molar-refractivity contribution in [2.24, 2.45) is 0 Å². The molecule has 4 rings (SSSR count). The highest BCUT2D eigenvalue weighted by Gasteiger charge is 2.16. The summed E-state index contributed by atoms with van der Waals surface area (Å²) in [7, 11) is 0. The summed E-state index contributed by atoms with van der Waals surface area (Å²) in [6.45, 7) is 4.18. The summed E-state index contributed by atoms with van der Waals surface area (Å²) in [5.74, 6) is 0.134. The van der Waals surface area contributed by atoms with Crippen molar-refractivity contribution in [2.45, 2.75) is 26.7 Å². The maximum absolute atomic E-state index is 12.9. The van der Waals surface area contributed by atoms with Gasteiger partial charge in [0, 0.05) is 11.1 Å². The number of rotatable bonds is 4. The Morgan fingerprint density at radius 3 is 1.61 bits per heavy atom. The Kier molecular flexibility index (Phi) is 5.08. The molecule has 0 unspecified atom stereocenters. The van der Waals surface area contributed by atoms with Crippen LogP contribution in [0.4, 0.5) is 0 Å². The van der Waals surface area contributed by atoms with Gasteiger partial charge in [-0.3, -0.25) is 4.79 Å². The van der Waals surface area contributed by atoms with E-state index in [2.05, 4.69) is 68.5 Å². The van der Waals surface area contributed by atoms with E-state index in [4.69, 9.17) is 0 Å². The first-order chi connectivity index (χ1) is 13.6. The third-order valence-corrected chi connectivity index (χ3v) is 5.40. The van der Waals surface area contributed by atoms with Gasteiger partial charge in [-0.1, -0.05) is 96.1 Å². The number of hydrogen-bond acceptors (Lipinski definition) is 1. The second-order valence-electron chi connectivity index (χ2n) is 7.52. The number of carbonyl (C=O) groups is 1. The lowest BCUT2D eigenvalue weighted by molar-refractivity contribution is 0.103. The van der Waals surface area contributed by atoms with Crippen molar-refractivity contribution in [2.75, 3.05) is 0 Å². The highest BCUT2D eigenvalue weighted by molar-refractivity contribution is 6.09. The van der Waals surface area contributed by atoms with Crippen LogP contribution < -0.4 is 0 Å². The lowest BCUT2D eigenvalue weighted by Gasteiger charge is -2.15. The maximum atomic E-state index is 12.9. The third-order valence-electron chi connectivity index (χ3n) is 5.40. The highest BCUT2D eigenvalue weighted by atomic mass is 16.1. The van der Waals surface area contributed by atoms with Gasteiger partial charge in [0.25, 0.3) is 0 Å². The Hall–Kier alpha value is -3.19. The fraction of sp³-hybridized carbons (Fsp3) is 0.148. The van der Waals surface area contributed by atoms with Crippen LogP contribution in [0.15, 0.2) is 90.5 Å². The van der Waals surface area contributed by atoms with Crippen LogP contribution in [0.2, 0.25) is 0 Å². The van der Waals surface area contributed by atoms with Gasteiger partial charge >= 0.3 is 0 Å². The average molecular weight is 364 g/mol. The number of allylic oxidation sites excluding steroid dienone is 4. The summed E-state index contributed by atoms with van der Waals surface area (Å²) in [4.78, 5) is 12.9. The van der Waals surface area contributed by atoms with E-state index >= 15 is 0 Å². The smallest absolute Gasteiger partial charge is 0.189 e. The number of hydrogen-bond donors (Lipinski definition) is 0. The Bertz CT molecular complexity index is 1050. The summed E-state index contributed by atoms with van der Waals surface area (Å²) in [6, 6.07) is 25.0. The predicted octanol–water partition coefficient (Wildman–Crippen LogP) is 6.96. The first kappa shape index (κ1) is 18.2. The first-order valence-corrected chi connectivity index (χ1v) is 9.79. The fourth-order valence-corrected chi connectivity index (χ4v) is 3.58. The lowest BCUT2D eigenvalue weighted by atomic mass is 9.89. The van der Waals surface area contributed by atoms with Crippen LogP contribution in [-0.2, 0) is 0 Å². The van der Waals surface area contributed by atoms with Crippen LogP contribution >= 0.6 is 0 Å². The van der Waals surface area contributed by atoms with Crippen LogP contribution in [-0.4, -0.2) is 5.78 Å². The van der Waals surface area contributed by atoms with Gasteiger partial charge in [-0.05, 0) is 49.0 Å². The molecule has 0 heterocycles. The second kappa shape index (κ2) is 7.82. The SMILES string of the molecule is Cc1ccc(C2=CC=C(C(=O)c3ccc(-c4ccc(C)cc4)cc3)CC2)cc1. The monoisotopic (exact) mass is 364 g/mol. The van der Waals surface area contributed by atoms with E-state index in [0.717, 1.165) is 29.5 Å². The molecule has 0 saturated heterocycles. The number of Topliss-reactive ketones (excluding diaryl/α,β-unsaturated/α-hetero) is 1. The molecular formula is C27H24O. The molecule has 0 atom stereocenters. The average Bonchev–Trinajstić information content (AvgIpc) is 2.75. The van der Waals surface area contributed by atoms with Crippen LogP contribution in [0, 0.1) is 13.8 Å². The molecule has 1 nitrogen and oxygen atoms in total. The minimum Gasteiger partial charge on any atom is -0.289 e. The standard InChI is InChI=1S/C27H24O/c1-19-3-7-21(8-4-19)23-11-15-25(16-12-23)27(28)26-17-13-24(14-18-26)22-9-5-20(2)6-10-22/h3-13,15-17H,14,18H2,1-2H3. The van der Waals surface area contributed by atoms with E-state index in [1.165, 1.54) is 27.8 Å². The molecule has 0 bridgehead atoms. The van der Waals surface area contributed by atoms with Crippen molar-refractivity contribution in [1.29, 1.82) is 0 Å². The Morgan fingerprint density at radius 2 is 1.11 bits per heavy atom. The molecular weight excluding hydrogens is 340 g/mol. The number of benzene rings is 3.